The Hall–Kier alpha value is -0.980. The molecule has 1 fully saturated rings. The van der Waals surface area contributed by atoms with E-state index >= 15 is 0 Å². The molecule has 0 heterocycles. The van der Waals surface area contributed by atoms with Gasteiger partial charge in [-0.2, -0.15) is 0 Å². The van der Waals surface area contributed by atoms with E-state index in [1.807, 2.05) is 6.92 Å². The van der Waals surface area contributed by atoms with E-state index in [0.29, 0.717) is 12.1 Å². The van der Waals surface area contributed by atoms with Crippen LogP contribution in [-0.2, 0) is 16.6 Å². The molecule has 6 heteroatoms. The highest BCUT2D eigenvalue weighted by atomic mass is 32.2. The van der Waals surface area contributed by atoms with Crippen LogP contribution < -0.4 is 10.0 Å². The van der Waals surface area contributed by atoms with E-state index in [1.165, 1.54) is 12.1 Å². The maximum atomic E-state index is 13.4. The molecule has 0 spiro atoms. The molecular weight excluding hydrogens is 279 g/mol. The summed E-state index contributed by atoms with van der Waals surface area (Å²) in [4.78, 5) is 0.0339. The van der Waals surface area contributed by atoms with Crippen LogP contribution in [0.15, 0.2) is 23.1 Å². The van der Waals surface area contributed by atoms with Crippen LogP contribution in [0.5, 0.6) is 0 Å². The van der Waals surface area contributed by atoms with Crippen LogP contribution in [0, 0.1) is 5.82 Å². The highest BCUT2D eigenvalue weighted by molar-refractivity contribution is 7.89. The molecular formula is C14H21FN2O2S. The van der Waals surface area contributed by atoms with Gasteiger partial charge in [0.15, 0.2) is 0 Å². The van der Waals surface area contributed by atoms with Crippen molar-refractivity contribution < 1.29 is 12.8 Å². The quantitative estimate of drug-likeness (QED) is 0.846. The third kappa shape index (κ3) is 3.02. The second kappa shape index (κ2) is 5.79. The van der Waals surface area contributed by atoms with Crippen molar-refractivity contribution in [2.45, 2.75) is 49.6 Å². The number of nitrogens with one attached hydrogen (secondary N) is 2. The molecule has 0 radical (unpaired) electrons. The summed E-state index contributed by atoms with van der Waals surface area (Å²) in [6.07, 6.45) is 3.48. The molecule has 0 unspecified atom stereocenters. The molecule has 20 heavy (non-hydrogen) atoms. The minimum absolute atomic E-state index is 0.0339. The fraction of sp³-hybridized carbons (Fsp3) is 0.571. The molecule has 0 aliphatic heterocycles. The summed E-state index contributed by atoms with van der Waals surface area (Å²) in [6.45, 7) is 2.36. The molecule has 1 aliphatic carbocycles. The van der Waals surface area contributed by atoms with Crippen LogP contribution >= 0.6 is 0 Å². The van der Waals surface area contributed by atoms with Crippen molar-refractivity contribution in [3.05, 3.63) is 29.6 Å². The summed E-state index contributed by atoms with van der Waals surface area (Å²) in [6, 6.07) is 3.89. The van der Waals surface area contributed by atoms with Crippen molar-refractivity contribution >= 4 is 10.0 Å². The largest absolute Gasteiger partial charge is 0.316 e. The first-order valence-electron chi connectivity index (χ1n) is 6.89. The molecule has 2 rings (SSSR count). The molecule has 1 aliphatic rings. The van der Waals surface area contributed by atoms with E-state index in [-0.39, 0.29) is 10.4 Å². The zero-order valence-electron chi connectivity index (χ0n) is 11.9. The number of hydrogen-bond donors (Lipinski definition) is 2. The Morgan fingerprint density at radius 2 is 2.05 bits per heavy atom. The van der Waals surface area contributed by atoms with Crippen LogP contribution in [0.1, 0.15) is 38.2 Å². The van der Waals surface area contributed by atoms with Crippen molar-refractivity contribution in [3.63, 3.8) is 0 Å². The minimum atomic E-state index is -3.70. The molecule has 1 aromatic rings. The van der Waals surface area contributed by atoms with E-state index in [0.717, 1.165) is 31.7 Å². The maximum Gasteiger partial charge on any atom is 0.241 e. The van der Waals surface area contributed by atoms with Gasteiger partial charge in [0.05, 0.1) is 4.90 Å². The molecule has 0 saturated heterocycles. The monoisotopic (exact) mass is 300 g/mol. The van der Waals surface area contributed by atoms with Gasteiger partial charge in [-0.05, 0) is 50.4 Å². The summed E-state index contributed by atoms with van der Waals surface area (Å²) >= 11 is 0. The van der Waals surface area contributed by atoms with Crippen molar-refractivity contribution in [1.82, 2.24) is 10.0 Å². The zero-order chi connectivity index (χ0) is 14.8. The molecule has 112 valence electrons. The topological polar surface area (TPSA) is 58.2 Å². The number of hydrogen-bond acceptors (Lipinski definition) is 3. The van der Waals surface area contributed by atoms with Crippen LogP contribution in [0.4, 0.5) is 4.39 Å². The summed E-state index contributed by atoms with van der Waals surface area (Å²) < 4.78 is 41.3. The highest BCUT2D eigenvalue weighted by Crippen LogP contribution is 2.36. The molecule has 1 aromatic carbocycles. The Kier molecular flexibility index (Phi) is 4.46. The van der Waals surface area contributed by atoms with Crippen molar-refractivity contribution in [3.8, 4) is 0 Å². The lowest BCUT2D eigenvalue weighted by Crippen LogP contribution is -2.52. The van der Waals surface area contributed by atoms with Gasteiger partial charge in [-0.15, -0.1) is 0 Å². The number of benzene rings is 1. The zero-order valence-corrected chi connectivity index (χ0v) is 12.7. The summed E-state index contributed by atoms with van der Waals surface area (Å²) in [5.74, 6) is -0.538. The first-order chi connectivity index (χ1) is 9.42. The van der Waals surface area contributed by atoms with E-state index in [2.05, 4.69) is 10.0 Å². The van der Waals surface area contributed by atoms with Crippen molar-refractivity contribution in [2.24, 2.45) is 0 Å². The maximum absolute atomic E-state index is 13.4. The van der Waals surface area contributed by atoms with Crippen LogP contribution in [0.25, 0.3) is 0 Å². The highest BCUT2D eigenvalue weighted by Gasteiger charge is 2.39. The summed E-state index contributed by atoms with van der Waals surface area (Å²) in [7, 11) is -1.97. The van der Waals surface area contributed by atoms with E-state index in [9.17, 15) is 12.8 Å². The van der Waals surface area contributed by atoms with Gasteiger partial charge in [-0.3, -0.25) is 0 Å². The number of halogens is 1. The first-order valence-corrected chi connectivity index (χ1v) is 8.38. The molecule has 0 amide bonds. The van der Waals surface area contributed by atoms with Crippen LogP contribution in [-0.4, -0.2) is 21.0 Å². The van der Waals surface area contributed by atoms with Crippen molar-refractivity contribution in [2.75, 3.05) is 7.05 Å². The Bertz CT molecular complexity index is 577. The molecule has 1 saturated carbocycles. The molecule has 0 aromatic heterocycles. The van der Waals surface area contributed by atoms with E-state index < -0.39 is 15.8 Å². The third-order valence-electron chi connectivity index (χ3n) is 4.02. The Labute approximate surface area is 119 Å². The Morgan fingerprint density at radius 3 is 2.55 bits per heavy atom. The predicted molar refractivity (Wildman–Crippen MR) is 76.4 cm³/mol. The van der Waals surface area contributed by atoms with E-state index in [1.54, 1.807) is 7.05 Å². The lowest BCUT2D eigenvalue weighted by molar-refractivity contribution is 0.214. The number of sulfonamides is 1. The van der Waals surface area contributed by atoms with Gasteiger partial charge in [0.1, 0.15) is 5.82 Å². The SMILES string of the molecule is CCC1(NS(=O)(=O)c2cc(F)ccc2CNC)CCC1. The molecule has 0 bridgehead atoms. The van der Waals surface area contributed by atoms with Crippen LogP contribution in [0.3, 0.4) is 0 Å². The summed E-state index contributed by atoms with van der Waals surface area (Å²) in [5, 5.41) is 2.91. The molecule has 2 N–H and O–H groups in total. The second-order valence-corrected chi connectivity index (χ2v) is 7.03. The smallest absolute Gasteiger partial charge is 0.241 e. The lowest BCUT2D eigenvalue weighted by Gasteiger charge is -2.41. The molecule has 0 atom stereocenters. The minimum Gasteiger partial charge on any atom is -0.316 e. The standard InChI is InChI=1S/C14H21FN2O2S/c1-3-14(7-4-8-14)17-20(18,19)13-9-12(15)6-5-11(13)10-16-2/h5-6,9,16-17H,3-4,7-8,10H2,1-2H3. The fourth-order valence-corrected chi connectivity index (χ4v) is 4.37. The van der Waals surface area contributed by atoms with Gasteiger partial charge in [-0.25, -0.2) is 17.5 Å². The summed E-state index contributed by atoms with van der Waals surface area (Å²) in [5.41, 5.74) is 0.231. The molecule has 4 nitrogen and oxygen atoms in total. The lowest BCUT2D eigenvalue weighted by atomic mass is 9.76. The van der Waals surface area contributed by atoms with Gasteiger partial charge in [0.25, 0.3) is 0 Å². The van der Waals surface area contributed by atoms with Crippen LogP contribution in [0.2, 0.25) is 0 Å². The van der Waals surface area contributed by atoms with Crippen molar-refractivity contribution in [1.29, 1.82) is 0 Å². The van der Waals surface area contributed by atoms with Gasteiger partial charge in [-0.1, -0.05) is 13.0 Å². The first kappa shape index (κ1) is 15.4. The Morgan fingerprint density at radius 1 is 1.35 bits per heavy atom. The average molecular weight is 300 g/mol. The van der Waals surface area contributed by atoms with Gasteiger partial charge < -0.3 is 5.32 Å². The third-order valence-corrected chi connectivity index (χ3v) is 5.69. The second-order valence-electron chi connectivity index (χ2n) is 5.38. The number of rotatable bonds is 6. The normalized spacial score (nSPS) is 17.8. The van der Waals surface area contributed by atoms with Gasteiger partial charge >= 0.3 is 0 Å². The van der Waals surface area contributed by atoms with E-state index in [4.69, 9.17) is 0 Å². The van der Waals surface area contributed by atoms with Gasteiger partial charge in [0.2, 0.25) is 10.0 Å². The average Bonchev–Trinajstić information content (AvgIpc) is 2.36. The van der Waals surface area contributed by atoms with Gasteiger partial charge in [0, 0.05) is 12.1 Å². The Balaban J connectivity index is 2.35. The predicted octanol–water partition coefficient (Wildman–Crippen LogP) is 2.16. The fourth-order valence-electron chi connectivity index (χ4n) is 2.59.